The van der Waals surface area contributed by atoms with Crippen LogP contribution in [0.2, 0.25) is 0 Å². The van der Waals surface area contributed by atoms with Gasteiger partial charge in [0.2, 0.25) is 5.91 Å². The largest absolute Gasteiger partial charge is 0.397 e. The van der Waals surface area contributed by atoms with Gasteiger partial charge in [0.05, 0.1) is 11.4 Å². The fourth-order valence-electron chi connectivity index (χ4n) is 1.88. The van der Waals surface area contributed by atoms with Crippen molar-refractivity contribution in [1.82, 2.24) is 4.57 Å². The zero-order valence-corrected chi connectivity index (χ0v) is 13.5. The number of carbonyl (C=O) groups excluding carboxylic acids is 1. The molecule has 0 saturated carbocycles. The molecule has 0 spiro atoms. The number of amides is 1. The third-order valence-corrected chi connectivity index (χ3v) is 4.17. The number of nitrogens with one attached hydrogen (secondary N) is 1. The molecule has 21 heavy (non-hydrogen) atoms. The molecular weight excluding hydrogens is 310 g/mol. The van der Waals surface area contributed by atoms with Gasteiger partial charge in [0, 0.05) is 23.5 Å². The van der Waals surface area contributed by atoms with Gasteiger partial charge in [-0.2, -0.15) is 0 Å². The van der Waals surface area contributed by atoms with Gasteiger partial charge in [0.25, 0.3) is 0 Å². The van der Waals surface area contributed by atoms with Crippen LogP contribution >= 0.6 is 23.7 Å². The maximum atomic E-state index is 11.9. The van der Waals surface area contributed by atoms with E-state index in [4.69, 9.17) is 5.73 Å². The first-order chi connectivity index (χ1) is 9.49. The second kappa shape index (κ2) is 7.28. The zero-order valence-electron chi connectivity index (χ0n) is 11.9. The third-order valence-electron chi connectivity index (χ3n) is 3.17. The van der Waals surface area contributed by atoms with E-state index in [0.717, 1.165) is 10.6 Å². The van der Waals surface area contributed by atoms with E-state index in [9.17, 15) is 9.59 Å². The number of thiazole rings is 1. The molecule has 1 heterocycles. The van der Waals surface area contributed by atoms with Crippen molar-refractivity contribution in [3.63, 3.8) is 0 Å². The molecule has 0 saturated heterocycles. The van der Waals surface area contributed by atoms with E-state index < -0.39 is 0 Å². The molecule has 1 aromatic carbocycles. The molecule has 0 aliphatic carbocycles. The average molecular weight is 328 g/mol. The van der Waals surface area contributed by atoms with Crippen LogP contribution in [0.15, 0.2) is 29.1 Å². The summed E-state index contributed by atoms with van der Waals surface area (Å²) in [5.74, 6) is -0.155. The summed E-state index contributed by atoms with van der Waals surface area (Å²) >= 11 is 1.21. The topological polar surface area (TPSA) is 77.1 Å². The number of aryl methyl sites for hydroxylation is 1. The maximum absolute atomic E-state index is 11.9. The van der Waals surface area contributed by atoms with Crippen molar-refractivity contribution in [1.29, 1.82) is 0 Å². The minimum Gasteiger partial charge on any atom is -0.397 e. The Labute approximate surface area is 133 Å². The quantitative estimate of drug-likeness (QED) is 0.847. The average Bonchev–Trinajstić information content (AvgIpc) is 2.64. The number of nitrogens with two attached hydrogens (primary N) is 1. The number of nitrogens with zero attached hydrogens (tertiary/aromatic N) is 1. The Morgan fingerprint density at radius 1 is 1.33 bits per heavy atom. The van der Waals surface area contributed by atoms with Crippen molar-refractivity contribution in [3.05, 3.63) is 44.5 Å². The van der Waals surface area contributed by atoms with Gasteiger partial charge >= 0.3 is 4.87 Å². The van der Waals surface area contributed by atoms with Crippen LogP contribution in [0.1, 0.15) is 17.0 Å². The molecule has 2 rings (SSSR count). The molecule has 0 aliphatic heterocycles. The number of anilines is 2. The number of para-hydroxylation sites is 2. The predicted molar refractivity (Wildman–Crippen MR) is 89.4 cm³/mol. The number of benzene rings is 1. The number of halogens is 1. The SMILES string of the molecule is Cc1sc(=O)n(CCC(=O)Nc2ccccc2N)c1C.Cl. The van der Waals surface area contributed by atoms with Gasteiger partial charge in [-0.1, -0.05) is 23.5 Å². The van der Waals surface area contributed by atoms with Crippen molar-refractivity contribution >= 4 is 41.0 Å². The monoisotopic (exact) mass is 327 g/mol. The standard InChI is InChI=1S/C14H17N3O2S.ClH/c1-9-10(2)20-14(19)17(9)8-7-13(18)16-12-6-4-3-5-11(12)15;/h3-6H,7-8,15H2,1-2H3,(H,16,18);1H. The Morgan fingerprint density at radius 2 is 2.00 bits per heavy atom. The van der Waals surface area contributed by atoms with E-state index in [0.29, 0.717) is 17.9 Å². The van der Waals surface area contributed by atoms with Crippen LogP contribution in [0.5, 0.6) is 0 Å². The minimum absolute atomic E-state index is 0. The van der Waals surface area contributed by atoms with E-state index in [-0.39, 0.29) is 29.6 Å². The second-order valence-electron chi connectivity index (χ2n) is 4.55. The summed E-state index contributed by atoms with van der Waals surface area (Å²) in [6, 6.07) is 7.09. The molecule has 114 valence electrons. The summed E-state index contributed by atoms with van der Waals surface area (Å²) in [6.45, 7) is 4.18. The van der Waals surface area contributed by atoms with Crippen molar-refractivity contribution < 1.29 is 4.79 Å². The van der Waals surface area contributed by atoms with Crippen molar-refractivity contribution in [2.24, 2.45) is 0 Å². The lowest BCUT2D eigenvalue weighted by Crippen LogP contribution is -2.20. The molecule has 1 aromatic heterocycles. The first kappa shape index (κ1) is 17.3. The molecule has 0 aliphatic rings. The van der Waals surface area contributed by atoms with Gasteiger partial charge in [0.15, 0.2) is 0 Å². The van der Waals surface area contributed by atoms with E-state index in [1.807, 2.05) is 26.0 Å². The Morgan fingerprint density at radius 3 is 2.57 bits per heavy atom. The lowest BCUT2D eigenvalue weighted by Gasteiger charge is -2.08. The number of hydrogen-bond donors (Lipinski definition) is 2. The zero-order chi connectivity index (χ0) is 14.7. The highest BCUT2D eigenvalue weighted by Crippen LogP contribution is 2.17. The van der Waals surface area contributed by atoms with E-state index in [1.165, 1.54) is 11.3 Å². The molecule has 3 N–H and O–H groups in total. The minimum atomic E-state index is -0.155. The number of nitrogen functional groups attached to an aromatic ring is 1. The van der Waals surface area contributed by atoms with Crippen LogP contribution in [0.3, 0.4) is 0 Å². The van der Waals surface area contributed by atoms with Crippen LogP contribution < -0.4 is 15.9 Å². The van der Waals surface area contributed by atoms with E-state index in [2.05, 4.69) is 5.32 Å². The predicted octanol–water partition coefficient (Wildman–Crippen LogP) is 2.56. The summed E-state index contributed by atoms with van der Waals surface area (Å²) in [7, 11) is 0. The summed E-state index contributed by atoms with van der Waals surface area (Å²) in [5, 5.41) is 2.75. The van der Waals surface area contributed by atoms with Crippen molar-refractivity contribution in [3.8, 4) is 0 Å². The molecule has 0 atom stereocenters. The van der Waals surface area contributed by atoms with E-state index >= 15 is 0 Å². The van der Waals surface area contributed by atoms with E-state index in [1.54, 1.807) is 16.7 Å². The van der Waals surface area contributed by atoms with Crippen molar-refractivity contribution in [2.75, 3.05) is 11.1 Å². The first-order valence-electron chi connectivity index (χ1n) is 6.30. The van der Waals surface area contributed by atoms with Gasteiger partial charge in [-0.05, 0) is 26.0 Å². The Balaban J connectivity index is 0.00000220. The second-order valence-corrected chi connectivity index (χ2v) is 5.71. The highest BCUT2D eigenvalue weighted by molar-refractivity contribution is 7.09. The third kappa shape index (κ3) is 4.09. The normalized spacial score (nSPS) is 10.0. The fraction of sp³-hybridized carbons (Fsp3) is 0.286. The van der Waals surface area contributed by atoms with Crippen LogP contribution in [0.25, 0.3) is 0 Å². The number of carbonyl (C=O) groups is 1. The lowest BCUT2D eigenvalue weighted by atomic mass is 10.2. The summed E-state index contributed by atoms with van der Waals surface area (Å²) in [4.78, 5) is 24.6. The van der Waals surface area contributed by atoms with Crippen LogP contribution in [0, 0.1) is 13.8 Å². The molecule has 0 fully saturated rings. The molecule has 0 radical (unpaired) electrons. The van der Waals surface area contributed by atoms with Gasteiger partial charge in [-0.25, -0.2) is 0 Å². The Bertz CT molecular complexity index is 694. The summed E-state index contributed by atoms with van der Waals surface area (Å²) in [5.41, 5.74) is 7.81. The van der Waals surface area contributed by atoms with Gasteiger partial charge in [0.1, 0.15) is 0 Å². The molecule has 7 heteroatoms. The number of hydrogen-bond acceptors (Lipinski definition) is 4. The molecule has 0 bridgehead atoms. The number of aromatic nitrogens is 1. The Kier molecular flexibility index (Phi) is 5.99. The molecule has 5 nitrogen and oxygen atoms in total. The molecule has 2 aromatic rings. The Hall–Kier alpha value is -1.79. The molecular formula is C14H18ClN3O2S. The van der Waals surface area contributed by atoms with Gasteiger partial charge in [-0.3, -0.25) is 9.59 Å². The summed E-state index contributed by atoms with van der Waals surface area (Å²) < 4.78 is 1.63. The van der Waals surface area contributed by atoms with Crippen LogP contribution in [-0.2, 0) is 11.3 Å². The first-order valence-corrected chi connectivity index (χ1v) is 7.12. The maximum Gasteiger partial charge on any atom is 0.307 e. The van der Waals surface area contributed by atoms with Crippen LogP contribution in [-0.4, -0.2) is 10.5 Å². The number of rotatable bonds is 4. The highest BCUT2D eigenvalue weighted by atomic mass is 35.5. The lowest BCUT2D eigenvalue weighted by molar-refractivity contribution is -0.116. The molecule has 1 amide bonds. The van der Waals surface area contributed by atoms with Gasteiger partial charge < -0.3 is 15.6 Å². The summed E-state index contributed by atoms with van der Waals surface area (Å²) in [6.07, 6.45) is 0.241. The highest BCUT2D eigenvalue weighted by Gasteiger charge is 2.10. The van der Waals surface area contributed by atoms with Crippen LogP contribution in [0.4, 0.5) is 11.4 Å². The molecule has 0 unspecified atom stereocenters. The van der Waals surface area contributed by atoms with Crippen molar-refractivity contribution in [2.45, 2.75) is 26.8 Å². The fourth-order valence-corrected chi connectivity index (χ4v) is 2.74. The van der Waals surface area contributed by atoms with Gasteiger partial charge in [-0.15, -0.1) is 12.4 Å². The smallest absolute Gasteiger partial charge is 0.307 e.